The first-order valence-electron chi connectivity index (χ1n) is 6.83. The number of aliphatic carboxylic acids is 1. The van der Waals surface area contributed by atoms with Crippen LogP contribution in [0.15, 0.2) is 73.0 Å². The molecule has 0 unspecified atom stereocenters. The molecule has 21 heavy (non-hydrogen) atoms. The second-order valence-electron chi connectivity index (χ2n) is 4.18. The lowest BCUT2D eigenvalue weighted by Crippen LogP contribution is -1.86. The zero-order chi connectivity index (χ0) is 15.3. The summed E-state index contributed by atoms with van der Waals surface area (Å²) >= 11 is 0. The summed E-state index contributed by atoms with van der Waals surface area (Å²) in [4.78, 5) is 9.37. The summed E-state index contributed by atoms with van der Waals surface area (Å²) in [5.74, 6) is -0.745. The molecule has 3 heteroatoms. The van der Waals surface area contributed by atoms with E-state index in [9.17, 15) is 4.79 Å². The lowest BCUT2D eigenvalue weighted by molar-refractivity contribution is -0.136. The smallest absolute Gasteiger partial charge is 0.303 e. The lowest BCUT2D eigenvalue weighted by atomic mass is 10.1. The SMILES string of the molecule is C1=CCOC=C1.CCC(=O)O.c1ccc2ccccc2c1. The highest BCUT2D eigenvalue weighted by Crippen LogP contribution is 2.11. The predicted octanol–water partition coefficient (Wildman–Crippen LogP) is 4.41. The maximum Gasteiger partial charge on any atom is 0.303 e. The van der Waals surface area contributed by atoms with Crippen LogP contribution in [0.5, 0.6) is 0 Å². The number of hydrogen-bond acceptors (Lipinski definition) is 2. The number of hydrogen-bond donors (Lipinski definition) is 1. The van der Waals surface area contributed by atoms with Crippen LogP contribution in [0.4, 0.5) is 0 Å². The second kappa shape index (κ2) is 10.3. The standard InChI is InChI=1S/C10H8.C5H6O.C3H6O2/c1-2-6-10-8-4-3-7-9(10)5-1;1-2-4-6-5-3-1;1-2-3(4)5/h1-8H;1-4H,5H2;2H2,1H3,(H,4,5). The fourth-order valence-corrected chi connectivity index (χ4v) is 1.48. The molecular weight excluding hydrogens is 264 g/mol. The van der Waals surface area contributed by atoms with E-state index in [4.69, 9.17) is 9.84 Å². The Labute approximate surface area is 125 Å². The van der Waals surface area contributed by atoms with Crippen LogP contribution in [0.2, 0.25) is 0 Å². The van der Waals surface area contributed by atoms with Crippen molar-refractivity contribution >= 4 is 16.7 Å². The van der Waals surface area contributed by atoms with Crippen molar-refractivity contribution in [1.29, 1.82) is 0 Å². The van der Waals surface area contributed by atoms with Crippen LogP contribution in [-0.4, -0.2) is 17.7 Å². The molecule has 1 aliphatic heterocycles. The monoisotopic (exact) mass is 284 g/mol. The quantitative estimate of drug-likeness (QED) is 0.843. The highest BCUT2D eigenvalue weighted by Gasteiger charge is 1.85. The van der Waals surface area contributed by atoms with E-state index in [-0.39, 0.29) is 6.42 Å². The van der Waals surface area contributed by atoms with Gasteiger partial charge in [0.2, 0.25) is 0 Å². The number of carboxylic acid groups (broad SMARTS) is 1. The Morgan fingerprint density at radius 2 is 1.52 bits per heavy atom. The fourth-order valence-electron chi connectivity index (χ4n) is 1.48. The predicted molar refractivity (Wildman–Crippen MR) is 86.1 cm³/mol. The maximum absolute atomic E-state index is 9.37. The van der Waals surface area contributed by atoms with Gasteiger partial charge in [-0.15, -0.1) is 0 Å². The van der Waals surface area contributed by atoms with Crippen LogP contribution in [0, 0.1) is 0 Å². The zero-order valence-corrected chi connectivity index (χ0v) is 12.1. The normalized spacial score (nSPS) is 11.5. The van der Waals surface area contributed by atoms with Gasteiger partial charge in [0.1, 0.15) is 6.61 Å². The van der Waals surface area contributed by atoms with Gasteiger partial charge in [0.05, 0.1) is 6.26 Å². The number of rotatable bonds is 1. The van der Waals surface area contributed by atoms with Crippen LogP contribution < -0.4 is 0 Å². The van der Waals surface area contributed by atoms with Gasteiger partial charge in [-0.2, -0.15) is 0 Å². The molecule has 0 bridgehead atoms. The van der Waals surface area contributed by atoms with Crippen LogP contribution in [0.1, 0.15) is 13.3 Å². The minimum absolute atomic E-state index is 0.222. The van der Waals surface area contributed by atoms with Crippen molar-refractivity contribution in [3.63, 3.8) is 0 Å². The number of benzene rings is 2. The minimum atomic E-state index is -0.745. The fraction of sp³-hybridized carbons (Fsp3) is 0.167. The molecule has 0 atom stereocenters. The molecular formula is C18H20O3. The van der Waals surface area contributed by atoms with Crippen molar-refractivity contribution in [1.82, 2.24) is 0 Å². The van der Waals surface area contributed by atoms with E-state index in [0.29, 0.717) is 0 Å². The van der Waals surface area contributed by atoms with Crippen molar-refractivity contribution in [2.75, 3.05) is 6.61 Å². The van der Waals surface area contributed by atoms with Crippen molar-refractivity contribution in [3.8, 4) is 0 Å². The van der Waals surface area contributed by atoms with Crippen LogP contribution in [-0.2, 0) is 9.53 Å². The topological polar surface area (TPSA) is 46.5 Å². The molecule has 0 spiro atoms. The van der Waals surface area contributed by atoms with E-state index in [1.54, 1.807) is 13.2 Å². The molecule has 2 aromatic rings. The zero-order valence-electron chi connectivity index (χ0n) is 12.1. The van der Waals surface area contributed by atoms with Gasteiger partial charge in [0.25, 0.3) is 0 Å². The molecule has 0 radical (unpaired) electrons. The molecule has 0 aromatic heterocycles. The second-order valence-corrected chi connectivity index (χ2v) is 4.18. The summed E-state index contributed by atoms with van der Waals surface area (Å²) in [5.41, 5.74) is 0. The van der Waals surface area contributed by atoms with E-state index in [1.165, 1.54) is 10.8 Å². The van der Waals surface area contributed by atoms with Gasteiger partial charge in [0.15, 0.2) is 0 Å². The van der Waals surface area contributed by atoms with Crippen molar-refractivity contribution in [2.24, 2.45) is 0 Å². The summed E-state index contributed by atoms with van der Waals surface area (Å²) in [6, 6.07) is 16.7. The number of allylic oxidation sites excluding steroid dienone is 2. The molecule has 0 fully saturated rings. The third-order valence-electron chi connectivity index (χ3n) is 2.58. The Hall–Kier alpha value is -2.55. The number of carboxylic acids is 1. The summed E-state index contributed by atoms with van der Waals surface area (Å²) in [5, 5.41) is 10.3. The molecule has 0 amide bonds. The van der Waals surface area contributed by atoms with Crippen LogP contribution in [0.3, 0.4) is 0 Å². The third-order valence-corrected chi connectivity index (χ3v) is 2.58. The first-order valence-corrected chi connectivity index (χ1v) is 6.83. The van der Waals surface area contributed by atoms with Gasteiger partial charge in [-0.3, -0.25) is 4.79 Å². The number of fused-ring (bicyclic) bond motifs is 1. The Kier molecular flexibility index (Phi) is 8.07. The molecule has 1 heterocycles. The van der Waals surface area contributed by atoms with Gasteiger partial charge in [-0.05, 0) is 22.9 Å². The molecule has 1 N–H and O–H groups in total. The Morgan fingerprint density at radius 1 is 1.05 bits per heavy atom. The van der Waals surface area contributed by atoms with Crippen LogP contribution in [0.25, 0.3) is 10.8 Å². The van der Waals surface area contributed by atoms with Gasteiger partial charge < -0.3 is 9.84 Å². The first-order chi connectivity index (χ1) is 10.2. The van der Waals surface area contributed by atoms with Gasteiger partial charge in [-0.1, -0.05) is 61.5 Å². The number of ether oxygens (including phenoxy) is 1. The van der Waals surface area contributed by atoms with E-state index in [1.807, 2.05) is 18.2 Å². The largest absolute Gasteiger partial charge is 0.497 e. The van der Waals surface area contributed by atoms with E-state index in [2.05, 4.69) is 48.5 Å². The molecule has 0 aliphatic carbocycles. The lowest BCUT2D eigenvalue weighted by Gasteiger charge is -1.94. The van der Waals surface area contributed by atoms with Crippen molar-refractivity contribution in [3.05, 3.63) is 73.0 Å². The molecule has 3 rings (SSSR count). The van der Waals surface area contributed by atoms with Crippen molar-refractivity contribution in [2.45, 2.75) is 13.3 Å². The van der Waals surface area contributed by atoms with Gasteiger partial charge in [-0.25, -0.2) is 0 Å². The third kappa shape index (κ3) is 7.57. The molecule has 2 aromatic carbocycles. The van der Waals surface area contributed by atoms with Crippen LogP contribution >= 0.6 is 0 Å². The molecule has 0 saturated carbocycles. The minimum Gasteiger partial charge on any atom is -0.497 e. The average molecular weight is 284 g/mol. The Bertz CT molecular complexity index is 523. The molecule has 110 valence electrons. The highest BCUT2D eigenvalue weighted by atomic mass is 16.5. The maximum atomic E-state index is 9.37. The summed E-state index contributed by atoms with van der Waals surface area (Å²) in [6.45, 7) is 2.33. The first kappa shape index (κ1) is 16.5. The molecule has 1 aliphatic rings. The van der Waals surface area contributed by atoms with E-state index < -0.39 is 5.97 Å². The summed E-state index contributed by atoms with van der Waals surface area (Å²) < 4.78 is 4.80. The summed E-state index contributed by atoms with van der Waals surface area (Å²) in [7, 11) is 0. The number of carbonyl (C=O) groups is 1. The Morgan fingerprint density at radius 3 is 1.71 bits per heavy atom. The average Bonchev–Trinajstić information content (AvgIpc) is 2.57. The molecule has 3 nitrogen and oxygen atoms in total. The summed E-state index contributed by atoms with van der Waals surface area (Å²) in [6.07, 6.45) is 7.69. The van der Waals surface area contributed by atoms with E-state index in [0.717, 1.165) is 6.61 Å². The Balaban J connectivity index is 0.000000173. The van der Waals surface area contributed by atoms with Gasteiger partial charge >= 0.3 is 5.97 Å². The highest BCUT2D eigenvalue weighted by molar-refractivity contribution is 5.82. The van der Waals surface area contributed by atoms with Crippen molar-refractivity contribution < 1.29 is 14.6 Å². The molecule has 0 saturated heterocycles. The van der Waals surface area contributed by atoms with Gasteiger partial charge in [0, 0.05) is 6.42 Å². The van der Waals surface area contributed by atoms with E-state index >= 15 is 0 Å².